The Labute approximate surface area is 206 Å². The molecule has 0 saturated heterocycles. The van der Waals surface area contributed by atoms with Gasteiger partial charge >= 0.3 is 6.18 Å². The first-order valence-corrected chi connectivity index (χ1v) is 11.8. The average molecular weight is 502 g/mol. The smallest absolute Gasteiger partial charge is 0.394 e. The van der Waals surface area contributed by atoms with Crippen LogP contribution in [0.3, 0.4) is 0 Å². The van der Waals surface area contributed by atoms with E-state index < -0.39 is 24.0 Å². The number of benzene rings is 1. The molecule has 0 radical (unpaired) electrons. The van der Waals surface area contributed by atoms with Crippen LogP contribution in [0.1, 0.15) is 34.2 Å². The maximum absolute atomic E-state index is 13.2. The highest BCUT2D eigenvalue weighted by atomic mass is 32.1. The zero-order chi connectivity index (χ0) is 25.6. The lowest BCUT2D eigenvalue weighted by atomic mass is 10.0. The lowest BCUT2D eigenvalue weighted by Crippen LogP contribution is -2.34. The summed E-state index contributed by atoms with van der Waals surface area (Å²) in [5.41, 5.74) is 11.5. The second-order valence-electron chi connectivity index (χ2n) is 8.26. The molecule has 1 aliphatic heterocycles. The molecule has 1 unspecified atom stereocenters. The summed E-state index contributed by atoms with van der Waals surface area (Å²) >= 11 is 1.40. The highest BCUT2D eigenvalue weighted by Gasteiger charge is 2.34. The molecule has 0 spiro atoms. The molecular weight excluding hydrogens is 475 g/mol. The van der Waals surface area contributed by atoms with E-state index in [0.717, 1.165) is 16.7 Å². The van der Waals surface area contributed by atoms with Gasteiger partial charge in [-0.25, -0.2) is 0 Å². The molecule has 10 heteroatoms. The number of nitrogens with zero attached hydrogens (tertiary/aromatic N) is 3. The number of thiophene rings is 1. The van der Waals surface area contributed by atoms with Gasteiger partial charge in [0.25, 0.3) is 0 Å². The Bertz CT molecular complexity index is 1180. The maximum Gasteiger partial charge on any atom is 0.431 e. The molecule has 1 aromatic heterocycles. The summed E-state index contributed by atoms with van der Waals surface area (Å²) in [4.78, 5) is 20.2. The van der Waals surface area contributed by atoms with Crippen molar-refractivity contribution in [3.05, 3.63) is 75.1 Å². The van der Waals surface area contributed by atoms with Crippen molar-refractivity contribution >= 4 is 29.0 Å². The molecule has 2 heterocycles. The fraction of sp³-hybridized carbons (Fsp3) is 0.320. The number of hydrogen-bond donors (Lipinski definition) is 2. The first kappa shape index (κ1) is 26.2. The van der Waals surface area contributed by atoms with Crippen LogP contribution in [0, 0.1) is 11.3 Å². The SMILES string of the molecule is CC(C[C@H](N)/C=C/C(=O)N1CCc2cc(C#N)sc2C1)N=CC(=C(N)C(F)(F)F)c1ccccc1. The van der Waals surface area contributed by atoms with Crippen molar-refractivity contribution in [2.75, 3.05) is 6.54 Å². The molecule has 0 bridgehead atoms. The Hall–Kier alpha value is -3.42. The summed E-state index contributed by atoms with van der Waals surface area (Å²) in [5.74, 6) is -0.179. The summed E-state index contributed by atoms with van der Waals surface area (Å²) in [6.07, 6.45) is 0.470. The van der Waals surface area contributed by atoms with Crippen LogP contribution >= 0.6 is 11.3 Å². The standard InChI is InChI=1S/C25H26F3N5OS/c1-16(32-14-21(24(31)25(26,27)28)17-5-3-2-4-6-17)11-19(30)7-8-23(34)33-10-9-18-12-20(13-29)35-22(18)15-33/h2-8,12,14,16,19H,9-11,15,30-31H2,1H3/b8-7+,24-21?,32-14?/t16?,19-/m1/s1. The van der Waals surface area contributed by atoms with Crippen LogP contribution in [0.25, 0.3) is 5.57 Å². The predicted molar refractivity (Wildman–Crippen MR) is 131 cm³/mol. The zero-order valence-corrected chi connectivity index (χ0v) is 19.9. The molecule has 6 nitrogen and oxygen atoms in total. The second kappa shape index (κ2) is 11.3. The molecule has 1 amide bonds. The number of halogens is 3. The molecular formula is C25H26F3N5OS. The third kappa shape index (κ3) is 7.04. The molecule has 0 aliphatic carbocycles. The molecule has 4 N–H and O–H groups in total. The minimum atomic E-state index is -4.69. The molecule has 0 saturated carbocycles. The highest BCUT2D eigenvalue weighted by molar-refractivity contribution is 7.12. The lowest BCUT2D eigenvalue weighted by Gasteiger charge is -2.25. The van der Waals surface area contributed by atoms with Gasteiger partial charge in [-0.1, -0.05) is 36.4 Å². The fourth-order valence-electron chi connectivity index (χ4n) is 3.68. The predicted octanol–water partition coefficient (Wildman–Crippen LogP) is 4.17. The number of fused-ring (bicyclic) bond motifs is 1. The number of hydrogen-bond acceptors (Lipinski definition) is 6. The van der Waals surface area contributed by atoms with Crippen LogP contribution in [0.2, 0.25) is 0 Å². The monoisotopic (exact) mass is 501 g/mol. The summed E-state index contributed by atoms with van der Waals surface area (Å²) in [7, 11) is 0. The van der Waals surface area contributed by atoms with Crippen LogP contribution in [-0.2, 0) is 17.8 Å². The molecule has 0 fully saturated rings. The quantitative estimate of drug-likeness (QED) is 0.438. The number of alkyl halides is 3. The van der Waals surface area contributed by atoms with Crippen LogP contribution < -0.4 is 11.5 Å². The highest BCUT2D eigenvalue weighted by Crippen LogP contribution is 2.29. The first-order chi connectivity index (χ1) is 16.6. The lowest BCUT2D eigenvalue weighted by molar-refractivity contribution is -0.126. The van der Waals surface area contributed by atoms with Gasteiger partial charge in [-0.05, 0) is 37.0 Å². The largest absolute Gasteiger partial charge is 0.431 e. The zero-order valence-electron chi connectivity index (χ0n) is 19.1. The van der Waals surface area contributed by atoms with Crippen molar-refractivity contribution in [1.29, 1.82) is 5.26 Å². The van der Waals surface area contributed by atoms with Crippen molar-refractivity contribution < 1.29 is 18.0 Å². The Morgan fingerprint density at radius 1 is 1.34 bits per heavy atom. The number of nitrogens with two attached hydrogens (primary N) is 2. The van der Waals surface area contributed by atoms with Crippen LogP contribution in [0.5, 0.6) is 0 Å². The number of carbonyl (C=O) groups is 1. The molecule has 1 aliphatic rings. The first-order valence-electron chi connectivity index (χ1n) is 11.0. The van der Waals surface area contributed by atoms with Crippen molar-refractivity contribution in [1.82, 2.24) is 4.90 Å². The van der Waals surface area contributed by atoms with Gasteiger partial charge in [-0.15, -0.1) is 11.3 Å². The van der Waals surface area contributed by atoms with Crippen molar-refractivity contribution in [2.45, 2.75) is 44.6 Å². The van der Waals surface area contributed by atoms with Gasteiger partial charge in [0, 0.05) is 41.4 Å². The molecule has 35 heavy (non-hydrogen) atoms. The van der Waals surface area contributed by atoms with Gasteiger partial charge in [0.2, 0.25) is 5.91 Å². The fourth-order valence-corrected chi connectivity index (χ4v) is 4.70. The van der Waals surface area contributed by atoms with Gasteiger partial charge in [0.1, 0.15) is 16.6 Å². The number of carbonyl (C=O) groups excluding carboxylic acids is 1. The van der Waals surface area contributed by atoms with Crippen molar-refractivity contribution in [3.63, 3.8) is 0 Å². The summed E-state index contributed by atoms with van der Waals surface area (Å²) < 4.78 is 39.7. The Kier molecular flexibility index (Phi) is 8.48. The van der Waals surface area contributed by atoms with Gasteiger partial charge in [-0.3, -0.25) is 9.79 Å². The number of nitriles is 1. The summed E-state index contributed by atoms with van der Waals surface area (Å²) in [6, 6.07) is 11.1. The molecule has 184 valence electrons. The second-order valence-corrected chi connectivity index (χ2v) is 9.39. The normalized spacial score (nSPS) is 16.6. The molecule has 2 atom stereocenters. The van der Waals surface area contributed by atoms with E-state index in [0.29, 0.717) is 36.4 Å². The summed E-state index contributed by atoms with van der Waals surface area (Å²) in [6.45, 7) is 2.74. The number of rotatable bonds is 7. The Balaban J connectivity index is 1.60. The maximum atomic E-state index is 13.2. The van der Waals surface area contributed by atoms with E-state index in [-0.39, 0.29) is 11.5 Å². The summed E-state index contributed by atoms with van der Waals surface area (Å²) in [5, 5.41) is 9.05. The molecule has 1 aromatic carbocycles. The van der Waals surface area contributed by atoms with E-state index in [1.807, 2.05) is 6.07 Å². The van der Waals surface area contributed by atoms with Crippen LogP contribution in [0.15, 0.2) is 59.2 Å². The minimum absolute atomic E-state index is 0.179. The van der Waals surface area contributed by atoms with Gasteiger partial charge < -0.3 is 16.4 Å². The average Bonchev–Trinajstić information content (AvgIpc) is 3.25. The molecule has 3 rings (SSSR count). The topological polar surface area (TPSA) is 108 Å². The molecule has 2 aromatic rings. The van der Waals surface area contributed by atoms with E-state index >= 15 is 0 Å². The van der Waals surface area contributed by atoms with Gasteiger partial charge in [-0.2, -0.15) is 18.4 Å². The Morgan fingerprint density at radius 3 is 2.71 bits per heavy atom. The third-order valence-electron chi connectivity index (χ3n) is 5.54. The van der Waals surface area contributed by atoms with Gasteiger partial charge in [0.15, 0.2) is 0 Å². The third-order valence-corrected chi connectivity index (χ3v) is 6.61. The van der Waals surface area contributed by atoms with Crippen LogP contribution in [-0.4, -0.2) is 41.8 Å². The minimum Gasteiger partial charge on any atom is -0.394 e. The number of amides is 1. The number of allylic oxidation sites excluding steroid dienone is 2. The van der Waals surface area contributed by atoms with Gasteiger partial charge in [0.05, 0.1) is 6.54 Å². The van der Waals surface area contributed by atoms with E-state index in [9.17, 15) is 18.0 Å². The Morgan fingerprint density at radius 2 is 2.06 bits per heavy atom. The van der Waals surface area contributed by atoms with E-state index in [1.165, 1.54) is 29.5 Å². The van der Waals surface area contributed by atoms with E-state index in [1.54, 1.807) is 36.1 Å². The van der Waals surface area contributed by atoms with E-state index in [2.05, 4.69) is 11.1 Å². The van der Waals surface area contributed by atoms with E-state index in [4.69, 9.17) is 16.7 Å². The number of aliphatic imine (C=N–C) groups is 1. The van der Waals surface area contributed by atoms with Crippen molar-refractivity contribution in [3.8, 4) is 6.07 Å². The van der Waals surface area contributed by atoms with Crippen LogP contribution in [0.4, 0.5) is 13.2 Å². The van der Waals surface area contributed by atoms with Crippen molar-refractivity contribution in [2.24, 2.45) is 16.5 Å².